The molecule has 2 N–H and O–H groups in total. The Balaban J connectivity index is 2.36. The molecule has 23 heavy (non-hydrogen) atoms. The van der Waals surface area contributed by atoms with E-state index >= 15 is 0 Å². The highest BCUT2D eigenvalue weighted by atomic mass is 15.3. The zero-order chi connectivity index (χ0) is 16.9. The van der Waals surface area contributed by atoms with Crippen molar-refractivity contribution >= 4 is 5.96 Å². The summed E-state index contributed by atoms with van der Waals surface area (Å²) in [4.78, 5) is 11.3. The van der Waals surface area contributed by atoms with Crippen molar-refractivity contribution in [3.63, 3.8) is 0 Å². The maximum atomic E-state index is 4.56. The minimum atomic E-state index is 0.531. The lowest BCUT2D eigenvalue weighted by molar-refractivity contribution is 0.271. The second-order valence-corrected chi connectivity index (χ2v) is 5.62. The largest absolute Gasteiger partial charge is 0.357 e. The standard InChI is InChI=1S/C16H33N7/c1-5-10-23(11-6-2)12-8-9-18-16(17-7-3)19-13-15-20-14-21-22(15)4/h14H,5-13H2,1-4H3,(H2,17,18,19). The van der Waals surface area contributed by atoms with Gasteiger partial charge in [-0.3, -0.25) is 4.68 Å². The fourth-order valence-electron chi connectivity index (χ4n) is 2.43. The number of nitrogens with one attached hydrogen (secondary N) is 2. The molecule has 1 heterocycles. The molecule has 1 rings (SSSR count). The van der Waals surface area contributed by atoms with E-state index < -0.39 is 0 Å². The molecule has 0 atom stereocenters. The van der Waals surface area contributed by atoms with Crippen LogP contribution in [0, 0.1) is 0 Å². The lowest BCUT2D eigenvalue weighted by Crippen LogP contribution is -2.39. The van der Waals surface area contributed by atoms with Gasteiger partial charge in [-0.2, -0.15) is 5.10 Å². The third-order valence-corrected chi connectivity index (χ3v) is 3.55. The molecular weight excluding hydrogens is 290 g/mol. The van der Waals surface area contributed by atoms with E-state index in [-0.39, 0.29) is 0 Å². The van der Waals surface area contributed by atoms with Crippen molar-refractivity contribution in [3.8, 4) is 0 Å². The fourth-order valence-corrected chi connectivity index (χ4v) is 2.43. The molecule has 0 aliphatic carbocycles. The van der Waals surface area contributed by atoms with Crippen LogP contribution in [0.5, 0.6) is 0 Å². The van der Waals surface area contributed by atoms with Crippen molar-refractivity contribution in [3.05, 3.63) is 12.2 Å². The van der Waals surface area contributed by atoms with Gasteiger partial charge in [0.25, 0.3) is 0 Å². The molecule has 0 aromatic carbocycles. The number of hydrogen-bond donors (Lipinski definition) is 2. The SMILES string of the molecule is CCCN(CCC)CCCNC(=NCc1ncnn1C)NCC. The lowest BCUT2D eigenvalue weighted by atomic mass is 10.3. The van der Waals surface area contributed by atoms with E-state index in [1.165, 1.54) is 25.9 Å². The van der Waals surface area contributed by atoms with Crippen molar-refractivity contribution in [2.75, 3.05) is 32.7 Å². The fraction of sp³-hybridized carbons (Fsp3) is 0.812. The van der Waals surface area contributed by atoms with Crippen LogP contribution in [0.4, 0.5) is 0 Å². The summed E-state index contributed by atoms with van der Waals surface area (Å²) >= 11 is 0. The summed E-state index contributed by atoms with van der Waals surface area (Å²) in [6, 6.07) is 0. The summed E-state index contributed by atoms with van der Waals surface area (Å²) in [5.74, 6) is 1.70. The van der Waals surface area contributed by atoms with Crippen LogP contribution in [0.15, 0.2) is 11.3 Å². The first kappa shape index (κ1) is 19.4. The predicted molar refractivity (Wildman–Crippen MR) is 95.5 cm³/mol. The summed E-state index contributed by atoms with van der Waals surface area (Å²) in [7, 11) is 1.88. The summed E-state index contributed by atoms with van der Waals surface area (Å²) in [5.41, 5.74) is 0. The molecule has 132 valence electrons. The van der Waals surface area contributed by atoms with Gasteiger partial charge in [-0.1, -0.05) is 13.8 Å². The van der Waals surface area contributed by atoms with Gasteiger partial charge in [-0.25, -0.2) is 9.98 Å². The van der Waals surface area contributed by atoms with Crippen LogP contribution in [0.2, 0.25) is 0 Å². The van der Waals surface area contributed by atoms with Gasteiger partial charge < -0.3 is 15.5 Å². The predicted octanol–water partition coefficient (Wildman–Crippen LogP) is 1.38. The molecule has 0 saturated carbocycles. The number of aryl methyl sites for hydroxylation is 1. The first-order chi connectivity index (χ1) is 11.2. The van der Waals surface area contributed by atoms with Gasteiger partial charge in [0.05, 0.1) is 0 Å². The topological polar surface area (TPSA) is 70.4 Å². The summed E-state index contributed by atoms with van der Waals surface area (Å²) in [6.07, 6.45) is 5.11. The minimum absolute atomic E-state index is 0.531. The second kappa shape index (κ2) is 11.9. The monoisotopic (exact) mass is 323 g/mol. The number of aliphatic imine (C=N–C) groups is 1. The Morgan fingerprint density at radius 2 is 1.91 bits per heavy atom. The van der Waals surface area contributed by atoms with Crippen LogP contribution in [-0.4, -0.2) is 58.3 Å². The van der Waals surface area contributed by atoms with E-state index in [9.17, 15) is 0 Å². The highest BCUT2D eigenvalue weighted by Crippen LogP contribution is 1.96. The van der Waals surface area contributed by atoms with E-state index in [1.54, 1.807) is 11.0 Å². The molecule has 0 saturated heterocycles. The number of rotatable bonds is 11. The molecule has 0 unspecified atom stereocenters. The van der Waals surface area contributed by atoms with E-state index in [4.69, 9.17) is 0 Å². The Bertz CT molecular complexity index is 435. The number of aromatic nitrogens is 3. The molecule has 0 aliphatic rings. The maximum Gasteiger partial charge on any atom is 0.191 e. The van der Waals surface area contributed by atoms with Crippen LogP contribution in [0.25, 0.3) is 0 Å². The maximum absolute atomic E-state index is 4.56. The average molecular weight is 323 g/mol. The average Bonchev–Trinajstić information content (AvgIpc) is 2.94. The Morgan fingerprint density at radius 3 is 2.48 bits per heavy atom. The Morgan fingerprint density at radius 1 is 1.17 bits per heavy atom. The Kier molecular flexibility index (Phi) is 10.0. The third-order valence-electron chi connectivity index (χ3n) is 3.55. The van der Waals surface area contributed by atoms with Crippen molar-refractivity contribution in [2.45, 2.75) is 46.6 Å². The van der Waals surface area contributed by atoms with Gasteiger partial charge in [-0.05, 0) is 45.8 Å². The normalized spacial score (nSPS) is 12.0. The van der Waals surface area contributed by atoms with Crippen LogP contribution < -0.4 is 10.6 Å². The quantitative estimate of drug-likeness (QED) is 0.366. The third kappa shape index (κ3) is 7.97. The lowest BCUT2D eigenvalue weighted by Gasteiger charge is -2.21. The molecule has 7 nitrogen and oxygen atoms in total. The van der Waals surface area contributed by atoms with Crippen LogP contribution in [0.1, 0.15) is 45.9 Å². The van der Waals surface area contributed by atoms with Gasteiger partial charge >= 0.3 is 0 Å². The van der Waals surface area contributed by atoms with Gasteiger partial charge in [0.1, 0.15) is 18.7 Å². The van der Waals surface area contributed by atoms with Gasteiger partial charge in [0.2, 0.25) is 0 Å². The first-order valence-corrected chi connectivity index (χ1v) is 8.78. The number of nitrogens with zero attached hydrogens (tertiary/aromatic N) is 5. The van der Waals surface area contributed by atoms with Crippen molar-refractivity contribution in [2.24, 2.45) is 12.0 Å². The zero-order valence-electron chi connectivity index (χ0n) is 15.2. The second-order valence-electron chi connectivity index (χ2n) is 5.62. The van der Waals surface area contributed by atoms with E-state index in [2.05, 4.69) is 51.4 Å². The zero-order valence-corrected chi connectivity index (χ0v) is 15.2. The molecule has 1 aromatic heterocycles. The van der Waals surface area contributed by atoms with Gasteiger partial charge in [0, 0.05) is 20.1 Å². The van der Waals surface area contributed by atoms with E-state index in [0.29, 0.717) is 6.54 Å². The van der Waals surface area contributed by atoms with Crippen molar-refractivity contribution in [1.82, 2.24) is 30.3 Å². The van der Waals surface area contributed by atoms with Crippen molar-refractivity contribution < 1.29 is 0 Å². The molecule has 7 heteroatoms. The van der Waals surface area contributed by atoms with Gasteiger partial charge in [-0.15, -0.1) is 0 Å². The molecule has 0 bridgehead atoms. The first-order valence-electron chi connectivity index (χ1n) is 8.78. The highest BCUT2D eigenvalue weighted by molar-refractivity contribution is 5.79. The Labute approximate surface area is 140 Å². The van der Waals surface area contributed by atoms with Crippen LogP contribution in [0.3, 0.4) is 0 Å². The molecular formula is C16H33N7. The van der Waals surface area contributed by atoms with E-state index in [0.717, 1.165) is 37.8 Å². The molecule has 0 aliphatic heterocycles. The molecule has 0 spiro atoms. The number of guanidine groups is 1. The molecule has 1 aromatic rings. The van der Waals surface area contributed by atoms with Crippen LogP contribution in [-0.2, 0) is 13.6 Å². The highest BCUT2D eigenvalue weighted by Gasteiger charge is 2.04. The smallest absolute Gasteiger partial charge is 0.191 e. The van der Waals surface area contributed by atoms with Crippen molar-refractivity contribution in [1.29, 1.82) is 0 Å². The van der Waals surface area contributed by atoms with Gasteiger partial charge in [0.15, 0.2) is 5.96 Å². The summed E-state index contributed by atoms with van der Waals surface area (Å²) in [6.45, 7) is 12.4. The van der Waals surface area contributed by atoms with E-state index in [1.807, 2.05) is 7.05 Å². The molecule has 0 fully saturated rings. The summed E-state index contributed by atoms with van der Waals surface area (Å²) in [5, 5.41) is 10.7. The van der Waals surface area contributed by atoms with Crippen LogP contribution >= 0.6 is 0 Å². The molecule has 0 radical (unpaired) electrons. The summed E-state index contributed by atoms with van der Waals surface area (Å²) < 4.78 is 1.75. The number of hydrogen-bond acceptors (Lipinski definition) is 4. The minimum Gasteiger partial charge on any atom is -0.357 e. The Hall–Kier alpha value is -1.63. The molecule has 0 amide bonds.